The largest absolute Gasteiger partial charge is 0.407 e. The summed E-state index contributed by atoms with van der Waals surface area (Å²) in [5.74, 6) is -1.08. The molecule has 1 unspecified atom stereocenters. The molecule has 1 amide bonds. The van der Waals surface area contributed by atoms with E-state index in [9.17, 15) is 26.4 Å². The van der Waals surface area contributed by atoms with Gasteiger partial charge in [0.1, 0.15) is 16.1 Å². The van der Waals surface area contributed by atoms with Gasteiger partial charge in [-0.2, -0.15) is 17.9 Å². The number of carbonyl (C=O) groups excluding carboxylic acids is 1. The van der Waals surface area contributed by atoms with Crippen LogP contribution in [0.25, 0.3) is 0 Å². The lowest BCUT2D eigenvalue weighted by atomic mass is 10.0. The molecule has 20 heavy (non-hydrogen) atoms. The van der Waals surface area contributed by atoms with Crippen LogP contribution in [0.15, 0.2) is 17.2 Å². The molecule has 4 N–H and O–H groups in total. The number of aromatic nitrogens is 1. The van der Waals surface area contributed by atoms with E-state index in [2.05, 4.69) is 4.98 Å². The number of sulfonamides is 1. The number of primary amides is 1. The predicted octanol–water partition coefficient (Wildman–Crippen LogP) is 1.12. The lowest BCUT2D eigenvalue weighted by Gasteiger charge is -2.31. The molecule has 6 nitrogen and oxygen atoms in total. The number of amides is 1. The van der Waals surface area contributed by atoms with Crippen molar-refractivity contribution in [2.75, 3.05) is 0 Å². The second-order valence-electron chi connectivity index (χ2n) is 4.37. The number of aromatic amines is 1. The van der Waals surface area contributed by atoms with Gasteiger partial charge in [0.2, 0.25) is 10.0 Å². The number of rotatable bonds is 5. The number of alkyl halides is 3. The molecule has 0 aliphatic rings. The summed E-state index contributed by atoms with van der Waals surface area (Å²) in [5.41, 5.74) is 1.84. The molecule has 1 rings (SSSR count). The Morgan fingerprint density at radius 3 is 2.40 bits per heavy atom. The molecule has 10 heteroatoms. The van der Waals surface area contributed by atoms with Crippen LogP contribution < -0.4 is 10.5 Å². The van der Waals surface area contributed by atoms with Crippen molar-refractivity contribution in [2.24, 2.45) is 5.73 Å². The van der Waals surface area contributed by atoms with Gasteiger partial charge < -0.3 is 10.7 Å². The number of nitrogens with one attached hydrogen (secondary N) is 2. The van der Waals surface area contributed by atoms with E-state index < -0.39 is 44.7 Å². The molecular weight excluding hydrogens is 299 g/mol. The van der Waals surface area contributed by atoms with Gasteiger partial charge in [0.25, 0.3) is 5.91 Å². The predicted molar refractivity (Wildman–Crippen MR) is 64.4 cm³/mol. The minimum absolute atomic E-state index is 0.474. The summed E-state index contributed by atoms with van der Waals surface area (Å²) in [6, 6.07) is 0.967. The van der Waals surface area contributed by atoms with Gasteiger partial charge >= 0.3 is 6.18 Å². The van der Waals surface area contributed by atoms with Crippen LogP contribution in [0.3, 0.4) is 0 Å². The number of hydrogen-bond donors (Lipinski definition) is 3. The maximum Gasteiger partial charge on any atom is 0.407 e. The Morgan fingerprint density at radius 2 is 2.00 bits per heavy atom. The average Bonchev–Trinajstić information content (AvgIpc) is 2.76. The summed E-state index contributed by atoms with van der Waals surface area (Å²) >= 11 is 0. The van der Waals surface area contributed by atoms with Crippen LogP contribution in [0.5, 0.6) is 0 Å². The maximum absolute atomic E-state index is 12.9. The molecule has 0 radical (unpaired) electrons. The van der Waals surface area contributed by atoms with E-state index in [1.54, 1.807) is 4.72 Å². The molecule has 0 saturated heterocycles. The van der Waals surface area contributed by atoms with Crippen LogP contribution in [0, 0.1) is 0 Å². The Morgan fingerprint density at radius 1 is 1.45 bits per heavy atom. The van der Waals surface area contributed by atoms with Crippen LogP contribution in [-0.4, -0.2) is 31.0 Å². The first-order valence-corrected chi connectivity index (χ1v) is 7.01. The van der Waals surface area contributed by atoms with E-state index in [-0.39, 0.29) is 0 Å². The highest BCUT2D eigenvalue weighted by Crippen LogP contribution is 2.34. The van der Waals surface area contributed by atoms with E-state index in [1.165, 1.54) is 6.92 Å². The third kappa shape index (κ3) is 2.96. The molecule has 114 valence electrons. The fourth-order valence-corrected chi connectivity index (χ4v) is 3.09. The topological polar surface area (TPSA) is 105 Å². The number of hydrogen-bond acceptors (Lipinski definition) is 3. The zero-order valence-corrected chi connectivity index (χ0v) is 11.5. The quantitative estimate of drug-likeness (QED) is 0.758. The molecule has 1 atom stereocenters. The number of halogens is 3. The number of H-pyrrole nitrogens is 1. The third-order valence-corrected chi connectivity index (χ3v) is 4.58. The van der Waals surface area contributed by atoms with Crippen LogP contribution in [0.2, 0.25) is 0 Å². The van der Waals surface area contributed by atoms with Crippen molar-refractivity contribution < 1.29 is 26.4 Å². The smallest absolute Gasteiger partial charge is 0.364 e. The van der Waals surface area contributed by atoms with Crippen LogP contribution in [-0.2, 0) is 10.0 Å². The highest BCUT2D eigenvalue weighted by molar-refractivity contribution is 7.89. The van der Waals surface area contributed by atoms with E-state index >= 15 is 0 Å². The lowest BCUT2D eigenvalue weighted by Crippen LogP contribution is -2.56. The van der Waals surface area contributed by atoms with Gasteiger partial charge in [0, 0.05) is 6.20 Å². The maximum atomic E-state index is 12.9. The van der Waals surface area contributed by atoms with E-state index in [0.717, 1.165) is 19.2 Å². The van der Waals surface area contributed by atoms with Crippen molar-refractivity contribution in [3.63, 3.8) is 0 Å². The average molecular weight is 313 g/mol. The summed E-state index contributed by atoms with van der Waals surface area (Å²) in [6.45, 7) is 1.92. The zero-order valence-electron chi connectivity index (χ0n) is 10.7. The summed E-state index contributed by atoms with van der Waals surface area (Å²) in [5, 5.41) is 0. The SMILES string of the molecule is CCC(C)(NS(=O)(=O)c1cc[nH]c1C(N)=O)C(F)(F)F. The number of nitrogens with two attached hydrogens (primary N) is 1. The van der Waals surface area contributed by atoms with E-state index in [4.69, 9.17) is 5.73 Å². The molecule has 0 spiro atoms. The van der Waals surface area contributed by atoms with Crippen LogP contribution in [0.4, 0.5) is 13.2 Å². The van der Waals surface area contributed by atoms with Crippen molar-refractivity contribution in [3.05, 3.63) is 18.0 Å². The normalized spacial score (nSPS) is 15.8. The fraction of sp³-hybridized carbons (Fsp3) is 0.500. The Kier molecular flexibility index (Phi) is 4.20. The summed E-state index contributed by atoms with van der Waals surface area (Å²) in [4.78, 5) is 12.7. The Bertz CT molecular complexity index is 609. The molecule has 0 aromatic carbocycles. The molecule has 1 heterocycles. The van der Waals surface area contributed by atoms with Crippen molar-refractivity contribution in [1.29, 1.82) is 0 Å². The summed E-state index contributed by atoms with van der Waals surface area (Å²) < 4.78 is 64.3. The van der Waals surface area contributed by atoms with Gasteiger partial charge in [0.05, 0.1) is 0 Å². The Labute approximate surface area is 113 Å². The monoisotopic (exact) mass is 313 g/mol. The Balaban J connectivity index is 3.25. The van der Waals surface area contributed by atoms with Crippen LogP contribution >= 0.6 is 0 Å². The zero-order chi connectivity index (χ0) is 15.8. The first-order chi connectivity index (χ1) is 8.94. The summed E-state index contributed by atoms with van der Waals surface area (Å²) in [7, 11) is -4.55. The molecular formula is C10H14F3N3O3S. The van der Waals surface area contributed by atoms with Crippen molar-refractivity contribution in [3.8, 4) is 0 Å². The molecule has 1 aromatic rings. The van der Waals surface area contributed by atoms with Crippen LogP contribution in [0.1, 0.15) is 30.8 Å². The third-order valence-electron chi connectivity index (χ3n) is 2.94. The number of carbonyl (C=O) groups is 1. The van der Waals surface area contributed by atoms with Crippen molar-refractivity contribution in [1.82, 2.24) is 9.71 Å². The van der Waals surface area contributed by atoms with Gasteiger partial charge in [-0.15, -0.1) is 0 Å². The van der Waals surface area contributed by atoms with Gasteiger partial charge in [-0.05, 0) is 19.4 Å². The Hall–Kier alpha value is -1.55. The molecule has 0 saturated carbocycles. The van der Waals surface area contributed by atoms with Gasteiger partial charge in [-0.3, -0.25) is 4.79 Å². The van der Waals surface area contributed by atoms with E-state index in [0.29, 0.717) is 0 Å². The van der Waals surface area contributed by atoms with Gasteiger partial charge in [-0.25, -0.2) is 8.42 Å². The second kappa shape index (κ2) is 5.09. The van der Waals surface area contributed by atoms with Gasteiger partial charge in [-0.1, -0.05) is 6.92 Å². The summed E-state index contributed by atoms with van der Waals surface area (Å²) in [6.07, 6.45) is -4.18. The fourth-order valence-electron chi connectivity index (χ4n) is 1.45. The minimum Gasteiger partial charge on any atom is -0.364 e. The standard InChI is InChI=1S/C10H14F3N3O3S/c1-3-9(2,10(11,12)13)16-20(18,19)6-4-5-15-7(6)8(14)17/h4-5,15-16H,3H2,1-2H3,(H2,14,17). The molecule has 1 aromatic heterocycles. The second-order valence-corrected chi connectivity index (χ2v) is 6.02. The minimum atomic E-state index is -4.78. The van der Waals surface area contributed by atoms with Crippen molar-refractivity contribution in [2.45, 2.75) is 36.9 Å². The van der Waals surface area contributed by atoms with Crippen molar-refractivity contribution >= 4 is 15.9 Å². The highest BCUT2D eigenvalue weighted by Gasteiger charge is 2.52. The molecule has 0 bridgehead atoms. The molecule has 0 aliphatic heterocycles. The molecule has 0 aliphatic carbocycles. The molecule has 0 fully saturated rings. The first kappa shape index (κ1) is 16.5. The first-order valence-electron chi connectivity index (χ1n) is 5.52. The van der Waals surface area contributed by atoms with Gasteiger partial charge in [0.15, 0.2) is 0 Å². The highest BCUT2D eigenvalue weighted by atomic mass is 32.2. The lowest BCUT2D eigenvalue weighted by molar-refractivity contribution is -0.186. The van der Waals surface area contributed by atoms with E-state index in [1.807, 2.05) is 0 Å².